The standard InChI is InChI=1S/C31H56N4O2/c1-23(2)30(34-17-28-10-6-8-12-32-28)21-36-19-26-14-25(5)15-27(16-26)20-37-22-31(24(3)4)35-18-29-11-7-9-13-33-29/h6,8,17-18,23-33H,7,9-16,19-22H2,1-5H3. The highest BCUT2D eigenvalue weighted by atomic mass is 16.5. The summed E-state index contributed by atoms with van der Waals surface area (Å²) in [6.45, 7) is 16.6. The SMILES string of the molecule is CC1CC(COCC(N=CC2CC=CCN2)C(C)C)CC(COCC(N=CC2CCCCN2)C(C)C)C1. The zero-order valence-corrected chi connectivity index (χ0v) is 24.4. The lowest BCUT2D eigenvalue weighted by atomic mass is 9.76. The quantitative estimate of drug-likeness (QED) is 0.242. The van der Waals surface area contributed by atoms with Gasteiger partial charge in [0.05, 0.1) is 25.3 Å². The summed E-state index contributed by atoms with van der Waals surface area (Å²) in [7, 11) is 0. The molecule has 37 heavy (non-hydrogen) atoms. The van der Waals surface area contributed by atoms with Gasteiger partial charge < -0.3 is 20.1 Å². The molecule has 0 amide bonds. The van der Waals surface area contributed by atoms with E-state index in [1.165, 1.54) is 38.5 Å². The summed E-state index contributed by atoms with van der Waals surface area (Å²) in [4.78, 5) is 9.82. The van der Waals surface area contributed by atoms with E-state index in [9.17, 15) is 0 Å². The number of hydrogen-bond donors (Lipinski definition) is 2. The number of ether oxygens (including phenoxy) is 2. The molecule has 2 heterocycles. The molecule has 6 nitrogen and oxygen atoms in total. The topological polar surface area (TPSA) is 67.2 Å². The smallest absolute Gasteiger partial charge is 0.0752 e. The van der Waals surface area contributed by atoms with Crippen LogP contribution in [0.1, 0.15) is 79.6 Å². The molecule has 2 aliphatic heterocycles. The highest BCUT2D eigenvalue weighted by Crippen LogP contribution is 2.33. The minimum atomic E-state index is 0.227. The van der Waals surface area contributed by atoms with Gasteiger partial charge in [-0.3, -0.25) is 9.98 Å². The van der Waals surface area contributed by atoms with Crippen LogP contribution in [0.4, 0.5) is 0 Å². The normalized spacial score (nSPS) is 31.1. The fourth-order valence-corrected chi connectivity index (χ4v) is 5.87. The Balaban J connectivity index is 1.38. The van der Waals surface area contributed by atoms with E-state index < -0.39 is 0 Å². The largest absolute Gasteiger partial charge is 0.379 e. The number of hydrogen-bond acceptors (Lipinski definition) is 6. The molecule has 0 spiro atoms. The molecule has 3 rings (SSSR count). The Hall–Kier alpha value is -1.08. The molecule has 212 valence electrons. The average molecular weight is 517 g/mol. The Labute approximate surface area is 227 Å². The van der Waals surface area contributed by atoms with Crippen LogP contribution in [0.25, 0.3) is 0 Å². The monoisotopic (exact) mass is 516 g/mol. The Morgan fingerprint density at radius 1 is 0.811 bits per heavy atom. The van der Waals surface area contributed by atoms with Crippen molar-refractivity contribution in [3.63, 3.8) is 0 Å². The molecular weight excluding hydrogens is 460 g/mol. The number of rotatable bonds is 14. The van der Waals surface area contributed by atoms with E-state index in [0.29, 0.717) is 42.4 Å². The third kappa shape index (κ3) is 11.7. The summed E-state index contributed by atoms with van der Waals surface area (Å²) in [5, 5.41) is 7.05. The van der Waals surface area contributed by atoms with Crippen LogP contribution < -0.4 is 10.6 Å². The second-order valence-corrected chi connectivity index (χ2v) is 12.6. The van der Waals surface area contributed by atoms with E-state index in [1.807, 2.05) is 0 Å². The molecule has 0 bridgehead atoms. The van der Waals surface area contributed by atoms with Crippen molar-refractivity contribution in [1.82, 2.24) is 10.6 Å². The first kappa shape index (κ1) is 30.5. The molecule has 0 aromatic carbocycles. The molecular formula is C31H56N4O2. The molecule has 1 aliphatic carbocycles. The number of nitrogens with one attached hydrogen (secondary N) is 2. The molecule has 6 heteroatoms. The Kier molecular flexibility index (Phi) is 13.8. The van der Waals surface area contributed by atoms with Crippen molar-refractivity contribution in [2.24, 2.45) is 39.6 Å². The Bertz CT molecular complexity index is 701. The molecule has 0 radical (unpaired) electrons. The van der Waals surface area contributed by atoms with Crippen LogP contribution in [-0.2, 0) is 9.47 Å². The summed E-state index contributed by atoms with van der Waals surface area (Å²) in [5.74, 6) is 2.95. The van der Waals surface area contributed by atoms with Gasteiger partial charge in [-0.2, -0.15) is 0 Å². The van der Waals surface area contributed by atoms with E-state index in [1.54, 1.807) is 0 Å². The summed E-state index contributed by atoms with van der Waals surface area (Å²) in [6, 6.07) is 1.27. The van der Waals surface area contributed by atoms with Crippen LogP contribution in [0, 0.1) is 29.6 Å². The Morgan fingerprint density at radius 2 is 1.43 bits per heavy atom. The zero-order valence-electron chi connectivity index (χ0n) is 24.4. The summed E-state index contributed by atoms with van der Waals surface area (Å²) in [6.07, 6.45) is 17.2. The van der Waals surface area contributed by atoms with Crippen LogP contribution in [0.5, 0.6) is 0 Å². The maximum atomic E-state index is 6.29. The van der Waals surface area contributed by atoms with E-state index in [-0.39, 0.29) is 12.1 Å². The Morgan fingerprint density at radius 3 is 1.95 bits per heavy atom. The molecule has 2 fully saturated rings. The fraction of sp³-hybridized carbons (Fsp3) is 0.871. The molecule has 1 saturated carbocycles. The first-order valence-corrected chi connectivity index (χ1v) is 15.2. The van der Waals surface area contributed by atoms with Gasteiger partial charge in [0, 0.05) is 44.3 Å². The van der Waals surface area contributed by atoms with Crippen molar-refractivity contribution >= 4 is 12.4 Å². The molecule has 3 aliphatic rings. The van der Waals surface area contributed by atoms with Gasteiger partial charge >= 0.3 is 0 Å². The first-order valence-electron chi connectivity index (χ1n) is 15.2. The predicted octanol–water partition coefficient (Wildman–Crippen LogP) is 5.32. The van der Waals surface area contributed by atoms with Gasteiger partial charge in [-0.15, -0.1) is 0 Å². The molecule has 2 N–H and O–H groups in total. The molecule has 1 saturated heterocycles. The maximum Gasteiger partial charge on any atom is 0.0752 e. The van der Waals surface area contributed by atoms with Crippen molar-refractivity contribution in [2.75, 3.05) is 39.5 Å². The molecule has 0 aromatic rings. The van der Waals surface area contributed by atoms with Gasteiger partial charge in [0.15, 0.2) is 0 Å². The molecule has 7 unspecified atom stereocenters. The van der Waals surface area contributed by atoms with Gasteiger partial charge in [0.1, 0.15) is 0 Å². The van der Waals surface area contributed by atoms with Gasteiger partial charge in [-0.25, -0.2) is 0 Å². The van der Waals surface area contributed by atoms with Crippen LogP contribution in [0.15, 0.2) is 22.1 Å². The minimum Gasteiger partial charge on any atom is -0.379 e. The summed E-state index contributed by atoms with van der Waals surface area (Å²) >= 11 is 0. The van der Waals surface area contributed by atoms with Gasteiger partial charge in [-0.1, -0.05) is 53.2 Å². The second kappa shape index (κ2) is 16.8. The van der Waals surface area contributed by atoms with Crippen LogP contribution in [0.2, 0.25) is 0 Å². The van der Waals surface area contributed by atoms with Gasteiger partial charge in [-0.05, 0) is 74.7 Å². The number of aliphatic imine (C=N–C) groups is 2. The van der Waals surface area contributed by atoms with E-state index in [4.69, 9.17) is 19.5 Å². The van der Waals surface area contributed by atoms with E-state index in [0.717, 1.165) is 45.2 Å². The lowest BCUT2D eigenvalue weighted by Gasteiger charge is -2.33. The fourth-order valence-electron chi connectivity index (χ4n) is 5.87. The van der Waals surface area contributed by atoms with E-state index in [2.05, 4.69) is 69.8 Å². The first-order chi connectivity index (χ1) is 17.9. The second-order valence-electron chi connectivity index (χ2n) is 12.6. The predicted molar refractivity (Wildman–Crippen MR) is 157 cm³/mol. The average Bonchev–Trinajstić information content (AvgIpc) is 2.88. The van der Waals surface area contributed by atoms with Gasteiger partial charge in [0.25, 0.3) is 0 Å². The van der Waals surface area contributed by atoms with Crippen LogP contribution >= 0.6 is 0 Å². The number of piperidine rings is 1. The lowest BCUT2D eigenvalue weighted by molar-refractivity contribution is 0.0187. The van der Waals surface area contributed by atoms with Crippen LogP contribution in [-0.4, -0.2) is 76.1 Å². The number of nitrogens with zero attached hydrogens (tertiary/aromatic N) is 2. The van der Waals surface area contributed by atoms with Gasteiger partial charge in [0.2, 0.25) is 0 Å². The van der Waals surface area contributed by atoms with Crippen LogP contribution in [0.3, 0.4) is 0 Å². The summed E-state index contributed by atoms with van der Waals surface area (Å²) in [5.41, 5.74) is 0. The molecule has 7 atom stereocenters. The summed E-state index contributed by atoms with van der Waals surface area (Å²) < 4.78 is 12.6. The van der Waals surface area contributed by atoms with E-state index >= 15 is 0 Å². The third-order valence-corrected chi connectivity index (χ3v) is 8.28. The van der Waals surface area contributed by atoms with Crippen molar-refractivity contribution in [3.05, 3.63) is 12.2 Å². The highest BCUT2D eigenvalue weighted by Gasteiger charge is 2.28. The lowest BCUT2D eigenvalue weighted by Crippen LogP contribution is -2.36. The van der Waals surface area contributed by atoms with Crippen molar-refractivity contribution in [1.29, 1.82) is 0 Å². The zero-order chi connectivity index (χ0) is 26.5. The maximum absolute atomic E-state index is 6.29. The van der Waals surface area contributed by atoms with Crippen molar-refractivity contribution in [2.45, 2.75) is 104 Å². The van der Waals surface area contributed by atoms with Crippen molar-refractivity contribution in [3.8, 4) is 0 Å². The minimum absolute atomic E-state index is 0.227. The third-order valence-electron chi connectivity index (χ3n) is 8.28. The highest BCUT2D eigenvalue weighted by molar-refractivity contribution is 5.65. The molecule has 0 aromatic heterocycles. The van der Waals surface area contributed by atoms with Crippen molar-refractivity contribution < 1.29 is 9.47 Å².